The third-order valence-corrected chi connectivity index (χ3v) is 2.41. The molecule has 0 radical (unpaired) electrons. The molecule has 5 nitrogen and oxygen atoms in total. The summed E-state index contributed by atoms with van der Waals surface area (Å²) < 4.78 is 10.6. The number of nitrogens with two attached hydrogens (primary N) is 1. The number of aromatic nitrogens is 2. The summed E-state index contributed by atoms with van der Waals surface area (Å²) in [5.74, 6) is 2.43. The van der Waals surface area contributed by atoms with Gasteiger partial charge < -0.3 is 20.2 Å². The second-order valence-electron chi connectivity index (χ2n) is 3.44. The van der Waals surface area contributed by atoms with Crippen molar-refractivity contribution >= 4 is 35.8 Å². The first kappa shape index (κ1) is 13.9. The molecule has 0 fully saturated rings. The van der Waals surface area contributed by atoms with Gasteiger partial charge in [-0.05, 0) is 6.54 Å². The maximum Gasteiger partial charge on any atom is 0.231 e. The van der Waals surface area contributed by atoms with E-state index in [1.165, 1.54) is 0 Å². The molecule has 0 unspecified atom stereocenters. The zero-order chi connectivity index (χ0) is 10.3. The lowest BCUT2D eigenvalue weighted by atomic mass is 10.3. The number of hydrogen-bond donors (Lipinski definition) is 2. The summed E-state index contributed by atoms with van der Waals surface area (Å²) in [6, 6.07) is 3.79. The highest BCUT2D eigenvalue weighted by atomic mass is 35.5. The Bertz CT molecular complexity index is 474. The Hall–Kier alpha value is -1.17. The molecule has 7 heteroatoms. The largest absolute Gasteiger partial charge is 0.454 e. The van der Waals surface area contributed by atoms with Crippen molar-refractivity contribution in [3.8, 4) is 11.5 Å². The Morgan fingerprint density at radius 3 is 2.65 bits per heavy atom. The Kier molecular flexibility index (Phi) is 4.45. The molecular weight excluding hydrogens is 265 g/mol. The van der Waals surface area contributed by atoms with Gasteiger partial charge in [-0.1, -0.05) is 0 Å². The van der Waals surface area contributed by atoms with Gasteiger partial charge in [0.05, 0.1) is 11.0 Å². The van der Waals surface area contributed by atoms with Crippen LogP contribution in [-0.4, -0.2) is 23.3 Å². The molecule has 0 atom stereocenters. The minimum Gasteiger partial charge on any atom is -0.454 e. The maximum atomic E-state index is 5.47. The quantitative estimate of drug-likeness (QED) is 0.875. The van der Waals surface area contributed by atoms with Crippen LogP contribution in [0.25, 0.3) is 11.0 Å². The highest BCUT2D eigenvalue weighted by molar-refractivity contribution is 5.85. The van der Waals surface area contributed by atoms with Crippen molar-refractivity contribution in [2.24, 2.45) is 5.73 Å². The average Bonchev–Trinajstić information content (AvgIpc) is 2.78. The van der Waals surface area contributed by atoms with E-state index < -0.39 is 0 Å². The summed E-state index contributed by atoms with van der Waals surface area (Å²) in [6.45, 7) is 0.879. The van der Waals surface area contributed by atoms with E-state index in [0.717, 1.165) is 34.8 Å². The number of H-pyrrole nitrogens is 1. The minimum atomic E-state index is 0. The van der Waals surface area contributed by atoms with E-state index in [2.05, 4.69) is 9.97 Å². The van der Waals surface area contributed by atoms with Crippen LogP contribution in [0.5, 0.6) is 11.5 Å². The van der Waals surface area contributed by atoms with E-state index in [0.29, 0.717) is 6.54 Å². The molecule has 1 aromatic heterocycles. The fraction of sp³-hybridized carbons (Fsp3) is 0.300. The van der Waals surface area contributed by atoms with Crippen molar-refractivity contribution in [1.29, 1.82) is 0 Å². The van der Waals surface area contributed by atoms with Crippen molar-refractivity contribution < 1.29 is 9.47 Å². The van der Waals surface area contributed by atoms with Crippen molar-refractivity contribution in [3.63, 3.8) is 0 Å². The van der Waals surface area contributed by atoms with Crippen LogP contribution in [0.4, 0.5) is 0 Å². The lowest BCUT2D eigenvalue weighted by Gasteiger charge is -1.93. The molecule has 0 aliphatic carbocycles. The van der Waals surface area contributed by atoms with Gasteiger partial charge >= 0.3 is 0 Å². The van der Waals surface area contributed by atoms with E-state index in [1.807, 2.05) is 12.1 Å². The summed E-state index contributed by atoms with van der Waals surface area (Å²) in [4.78, 5) is 7.61. The number of nitrogens with zero attached hydrogens (tertiary/aromatic N) is 1. The Morgan fingerprint density at radius 2 is 1.94 bits per heavy atom. The number of nitrogens with one attached hydrogen (secondary N) is 1. The predicted octanol–water partition coefficient (Wildman–Crippen LogP) is 1.64. The molecule has 2 heterocycles. The predicted molar refractivity (Wildman–Crippen MR) is 69.5 cm³/mol. The number of fused-ring (bicyclic) bond motifs is 2. The van der Waals surface area contributed by atoms with Gasteiger partial charge in [-0.2, -0.15) is 0 Å². The van der Waals surface area contributed by atoms with Crippen molar-refractivity contribution in [1.82, 2.24) is 9.97 Å². The van der Waals surface area contributed by atoms with Crippen LogP contribution < -0.4 is 15.2 Å². The molecular formula is C10H13Cl2N3O2. The van der Waals surface area contributed by atoms with Gasteiger partial charge in [-0.25, -0.2) is 4.98 Å². The third-order valence-electron chi connectivity index (χ3n) is 2.41. The SMILES string of the molecule is Cl.Cl.NCCc1nc2cc3c(cc2[nH]1)OCO3. The van der Waals surface area contributed by atoms with Gasteiger partial charge in [0.25, 0.3) is 0 Å². The third kappa shape index (κ3) is 2.41. The molecule has 0 saturated carbocycles. The van der Waals surface area contributed by atoms with Gasteiger partial charge in [-0.3, -0.25) is 0 Å². The normalized spacial score (nSPS) is 12.1. The number of halogens is 2. The second-order valence-corrected chi connectivity index (χ2v) is 3.44. The maximum absolute atomic E-state index is 5.47. The molecule has 3 N–H and O–H groups in total. The zero-order valence-corrected chi connectivity index (χ0v) is 10.6. The van der Waals surface area contributed by atoms with Gasteiger partial charge in [0.2, 0.25) is 6.79 Å². The Labute approximate surface area is 111 Å². The first-order valence-corrected chi connectivity index (χ1v) is 4.85. The van der Waals surface area contributed by atoms with Crippen LogP contribution in [0.3, 0.4) is 0 Å². The molecule has 1 aromatic carbocycles. The lowest BCUT2D eigenvalue weighted by Crippen LogP contribution is -2.03. The lowest BCUT2D eigenvalue weighted by molar-refractivity contribution is 0.174. The van der Waals surface area contributed by atoms with Crippen LogP contribution in [-0.2, 0) is 6.42 Å². The number of imidazole rings is 1. The fourth-order valence-corrected chi connectivity index (χ4v) is 1.71. The van der Waals surface area contributed by atoms with Crippen LogP contribution >= 0.6 is 24.8 Å². The van der Waals surface area contributed by atoms with Crippen molar-refractivity contribution in [3.05, 3.63) is 18.0 Å². The second kappa shape index (κ2) is 5.44. The molecule has 0 bridgehead atoms. The Balaban J connectivity index is 0.000000722. The van der Waals surface area contributed by atoms with E-state index in [4.69, 9.17) is 15.2 Å². The van der Waals surface area contributed by atoms with E-state index in [-0.39, 0.29) is 31.6 Å². The monoisotopic (exact) mass is 277 g/mol. The molecule has 94 valence electrons. The molecule has 0 amide bonds. The smallest absolute Gasteiger partial charge is 0.231 e. The minimum absolute atomic E-state index is 0. The van der Waals surface area contributed by atoms with Crippen LogP contribution in [0.1, 0.15) is 5.82 Å². The topological polar surface area (TPSA) is 73.2 Å². The van der Waals surface area contributed by atoms with Gasteiger partial charge in [-0.15, -0.1) is 24.8 Å². The highest BCUT2D eigenvalue weighted by Gasteiger charge is 2.15. The number of benzene rings is 1. The molecule has 0 saturated heterocycles. The zero-order valence-electron chi connectivity index (χ0n) is 8.93. The number of hydrogen-bond acceptors (Lipinski definition) is 4. The fourth-order valence-electron chi connectivity index (χ4n) is 1.71. The summed E-state index contributed by atoms with van der Waals surface area (Å²) in [6.07, 6.45) is 0.751. The summed E-state index contributed by atoms with van der Waals surface area (Å²) >= 11 is 0. The van der Waals surface area contributed by atoms with E-state index in [9.17, 15) is 0 Å². The van der Waals surface area contributed by atoms with E-state index in [1.54, 1.807) is 0 Å². The molecule has 0 spiro atoms. The van der Waals surface area contributed by atoms with Gasteiger partial charge in [0.15, 0.2) is 11.5 Å². The number of aromatic amines is 1. The molecule has 2 aromatic rings. The molecule has 1 aliphatic heterocycles. The standard InChI is InChI=1S/C10H11N3O2.2ClH/c11-2-1-10-12-6-3-8-9(15-5-14-8)4-7(6)13-10;;/h3-4H,1-2,5,11H2,(H,12,13);2*1H. The first-order valence-electron chi connectivity index (χ1n) is 4.85. The van der Waals surface area contributed by atoms with Crippen molar-refractivity contribution in [2.75, 3.05) is 13.3 Å². The number of rotatable bonds is 2. The van der Waals surface area contributed by atoms with Crippen LogP contribution in [0.2, 0.25) is 0 Å². The molecule has 17 heavy (non-hydrogen) atoms. The van der Waals surface area contributed by atoms with E-state index >= 15 is 0 Å². The molecule has 3 rings (SSSR count). The highest BCUT2D eigenvalue weighted by Crippen LogP contribution is 2.35. The number of ether oxygens (including phenoxy) is 2. The van der Waals surface area contributed by atoms with Crippen molar-refractivity contribution in [2.45, 2.75) is 6.42 Å². The van der Waals surface area contributed by atoms with Crippen LogP contribution in [0.15, 0.2) is 12.1 Å². The summed E-state index contributed by atoms with van der Waals surface area (Å²) in [5.41, 5.74) is 7.32. The average molecular weight is 278 g/mol. The summed E-state index contributed by atoms with van der Waals surface area (Å²) in [7, 11) is 0. The van der Waals surface area contributed by atoms with Gasteiger partial charge in [0.1, 0.15) is 5.82 Å². The first-order chi connectivity index (χ1) is 7.36. The molecule has 1 aliphatic rings. The van der Waals surface area contributed by atoms with Gasteiger partial charge in [0, 0.05) is 18.6 Å². The van der Waals surface area contributed by atoms with Crippen LogP contribution in [0, 0.1) is 0 Å². The Morgan fingerprint density at radius 1 is 1.24 bits per heavy atom. The summed E-state index contributed by atoms with van der Waals surface area (Å²) in [5, 5.41) is 0.